The van der Waals surface area contributed by atoms with Gasteiger partial charge in [0.15, 0.2) is 5.78 Å². The van der Waals surface area contributed by atoms with Crippen molar-refractivity contribution in [2.24, 2.45) is 0 Å². The third-order valence-corrected chi connectivity index (χ3v) is 7.32. The van der Waals surface area contributed by atoms with Crippen LogP contribution in [0.1, 0.15) is 45.5 Å². The number of ketones is 1. The maximum atomic E-state index is 13.0. The Labute approximate surface area is 184 Å². The summed E-state index contributed by atoms with van der Waals surface area (Å²) in [7, 11) is 0. The van der Waals surface area contributed by atoms with Crippen molar-refractivity contribution < 1.29 is 9.59 Å². The van der Waals surface area contributed by atoms with Gasteiger partial charge in [0.05, 0.1) is 5.69 Å². The molecule has 0 aliphatic carbocycles. The smallest absolute Gasteiger partial charge is 0.227 e. The van der Waals surface area contributed by atoms with Crippen LogP contribution in [0.15, 0.2) is 30.3 Å². The van der Waals surface area contributed by atoms with Crippen molar-refractivity contribution in [2.75, 3.05) is 49.1 Å². The standard InChI is InChI=1S/C26H31N3O2/c1-18-4-3-5-23(19(18)2)28-14-12-27(13-15-28)10-9-24(30)22-16-20-6-7-25(31)29-11-8-21(17-22)26(20)29/h3-5,16-17H,6-15H2,1-2H3. The van der Waals surface area contributed by atoms with E-state index < -0.39 is 0 Å². The molecular weight excluding hydrogens is 386 g/mol. The first-order chi connectivity index (χ1) is 15.0. The minimum absolute atomic E-state index is 0.227. The average molecular weight is 418 g/mol. The van der Waals surface area contributed by atoms with Gasteiger partial charge in [-0.25, -0.2) is 0 Å². The lowest BCUT2D eigenvalue weighted by Gasteiger charge is -2.37. The molecule has 0 spiro atoms. The third-order valence-electron chi connectivity index (χ3n) is 7.32. The lowest BCUT2D eigenvalue weighted by molar-refractivity contribution is -0.118. The molecule has 0 radical (unpaired) electrons. The molecule has 3 heterocycles. The van der Waals surface area contributed by atoms with Crippen molar-refractivity contribution in [1.82, 2.24) is 4.90 Å². The van der Waals surface area contributed by atoms with Crippen molar-refractivity contribution in [3.05, 3.63) is 58.1 Å². The van der Waals surface area contributed by atoms with Crippen LogP contribution in [0.25, 0.3) is 0 Å². The fraction of sp³-hybridized carbons (Fsp3) is 0.462. The number of anilines is 2. The van der Waals surface area contributed by atoms with Gasteiger partial charge < -0.3 is 9.80 Å². The van der Waals surface area contributed by atoms with E-state index in [9.17, 15) is 9.59 Å². The number of rotatable bonds is 5. The second kappa shape index (κ2) is 8.12. The molecule has 2 aromatic carbocycles. The molecular formula is C26H31N3O2. The number of nitrogens with zero attached hydrogens (tertiary/aromatic N) is 3. The molecule has 31 heavy (non-hydrogen) atoms. The summed E-state index contributed by atoms with van der Waals surface area (Å²) in [6.07, 6.45) is 2.76. The number of benzene rings is 2. The van der Waals surface area contributed by atoms with Crippen LogP contribution in [-0.4, -0.2) is 55.9 Å². The zero-order valence-electron chi connectivity index (χ0n) is 18.6. The zero-order chi connectivity index (χ0) is 21.5. The van der Waals surface area contributed by atoms with Crippen LogP contribution in [0.3, 0.4) is 0 Å². The van der Waals surface area contributed by atoms with Crippen LogP contribution in [0, 0.1) is 13.8 Å². The summed E-state index contributed by atoms with van der Waals surface area (Å²) in [6, 6.07) is 10.6. The summed E-state index contributed by atoms with van der Waals surface area (Å²) in [6.45, 7) is 9.95. The van der Waals surface area contributed by atoms with Crippen molar-refractivity contribution in [1.29, 1.82) is 0 Å². The highest BCUT2D eigenvalue weighted by molar-refractivity contribution is 6.02. The van der Waals surface area contributed by atoms with Gasteiger partial charge in [0.2, 0.25) is 5.91 Å². The minimum Gasteiger partial charge on any atom is -0.369 e. The highest BCUT2D eigenvalue weighted by Crippen LogP contribution is 2.37. The Morgan fingerprint density at radius 1 is 0.935 bits per heavy atom. The molecule has 0 unspecified atom stereocenters. The van der Waals surface area contributed by atoms with E-state index in [1.807, 2.05) is 17.0 Å². The number of aryl methyl sites for hydroxylation is 2. The number of hydrogen-bond acceptors (Lipinski definition) is 4. The van der Waals surface area contributed by atoms with Crippen LogP contribution in [-0.2, 0) is 17.6 Å². The Kier molecular flexibility index (Phi) is 5.30. The summed E-state index contributed by atoms with van der Waals surface area (Å²) in [5.74, 6) is 0.455. The number of Topliss-reactive ketones (excluding diaryl/α,β-unsaturated/α-hetero) is 1. The van der Waals surface area contributed by atoms with Gasteiger partial charge in [0.25, 0.3) is 0 Å². The van der Waals surface area contributed by atoms with Crippen molar-refractivity contribution in [3.8, 4) is 0 Å². The number of carbonyl (C=O) groups is 2. The summed E-state index contributed by atoms with van der Waals surface area (Å²) in [4.78, 5) is 31.9. The van der Waals surface area contributed by atoms with E-state index in [-0.39, 0.29) is 11.7 Å². The molecule has 1 amide bonds. The predicted octanol–water partition coefficient (Wildman–Crippen LogP) is 3.53. The summed E-state index contributed by atoms with van der Waals surface area (Å²) in [5, 5.41) is 0. The van der Waals surface area contributed by atoms with E-state index in [4.69, 9.17) is 0 Å². The molecule has 0 atom stereocenters. The van der Waals surface area contributed by atoms with Crippen LogP contribution in [0.4, 0.5) is 11.4 Å². The molecule has 5 heteroatoms. The van der Waals surface area contributed by atoms with Gasteiger partial charge in [-0.1, -0.05) is 12.1 Å². The molecule has 3 aliphatic rings. The Balaban J connectivity index is 1.19. The van der Waals surface area contributed by atoms with Crippen LogP contribution in [0.5, 0.6) is 0 Å². The SMILES string of the molecule is Cc1cccc(N2CCN(CCC(=O)c3cc4c5c(c3)CCN5C(=O)CC4)CC2)c1C. The van der Waals surface area contributed by atoms with Gasteiger partial charge in [0, 0.05) is 63.4 Å². The molecule has 5 rings (SSSR count). The number of hydrogen-bond donors (Lipinski definition) is 0. The first-order valence-electron chi connectivity index (χ1n) is 11.5. The van der Waals surface area contributed by atoms with Gasteiger partial charge in [-0.2, -0.15) is 0 Å². The minimum atomic E-state index is 0.227. The van der Waals surface area contributed by atoms with E-state index in [1.165, 1.54) is 27.9 Å². The lowest BCUT2D eigenvalue weighted by Crippen LogP contribution is -2.47. The summed E-state index contributed by atoms with van der Waals surface area (Å²) in [5.41, 5.74) is 8.33. The largest absolute Gasteiger partial charge is 0.369 e. The van der Waals surface area contributed by atoms with E-state index in [0.29, 0.717) is 12.8 Å². The Bertz CT molecular complexity index is 1040. The van der Waals surface area contributed by atoms with Crippen LogP contribution < -0.4 is 9.80 Å². The second-order valence-electron chi connectivity index (χ2n) is 9.16. The van der Waals surface area contributed by atoms with E-state index in [0.717, 1.165) is 63.4 Å². The van der Waals surface area contributed by atoms with Gasteiger partial charge >= 0.3 is 0 Å². The van der Waals surface area contributed by atoms with Crippen LogP contribution >= 0.6 is 0 Å². The van der Waals surface area contributed by atoms with E-state index in [2.05, 4.69) is 41.8 Å². The molecule has 2 aromatic rings. The normalized spacial score (nSPS) is 18.5. The van der Waals surface area contributed by atoms with Gasteiger partial charge in [-0.3, -0.25) is 14.5 Å². The predicted molar refractivity (Wildman–Crippen MR) is 124 cm³/mol. The molecule has 3 aliphatic heterocycles. The second-order valence-corrected chi connectivity index (χ2v) is 9.16. The van der Waals surface area contributed by atoms with Crippen molar-refractivity contribution >= 4 is 23.1 Å². The molecule has 5 nitrogen and oxygen atoms in total. The molecule has 0 aromatic heterocycles. The monoisotopic (exact) mass is 417 g/mol. The highest BCUT2D eigenvalue weighted by atomic mass is 16.2. The molecule has 1 fully saturated rings. The quantitative estimate of drug-likeness (QED) is 0.698. The van der Waals surface area contributed by atoms with Crippen molar-refractivity contribution in [3.63, 3.8) is 0 Å². The third kappa shape index (κ3) is 3.76. The van der Waals surface area contributed by atoms with Gasteiger partial charge in [-0.05, 0) is 67.1 Å². The molecule has 0 bridgehead atoms. The van der Waals surface area contributed by atoms with E-state index in [1.54, 1.807) is 0 Å². The highest BCUT2D eigenvalue weighted by Gasteiger charge is 2.32. The fourth-order valence-electron chi connectivity index (χ4n) is 5.31. The molecule has 1 saturated heterocycles. The van der Waals surface area contributed by atoms with Gasteiger partial charge in [0.1, 0.15) is 0 Å². The first-order valence-corrected chi connectivity index (χ1v) is 11.5. The van der Waals surface area contributed by atoms with Crippen LogP contribution in [0.2, 0.25) is 0 Å². The molecule has 0 saturated carbocycles. The average Bonchev–Trinajstić information content (AvgIpc) is 3.22. The summed E-state index contributed by atoms with van der Waals surface area (Å²) >= 11 is 0. The number of amides is 1. The van der Waals surface area contributed by atoms with Gasteiger partial charge in [-0.15, -0.1) is 0 Å². The zero-order valence-corrected chi connectivity index (χ0v) is 18.6. The van der Waals surface area contributed by atoms with Crippen molar-refractivity contribution in [2.45, 2.75) is 39.5 Å². The number of piperazine rings is 1. The summed E-state index contributed by atoms with van der Waals surface area (Å²) < 4.78 is 0. The Morgan fingerprint density at radius 3 is 2.45 bits per heavy atom. The fourth-order valence-corrected chi connectivity index (χ4v) is 5.31. The molecule has 162 valence electrons. The Morgan fingerprint density at radius 2 is 1.68 bits per heavy atom. The number of carbonyl (C=O) groups excluding carboxylic acids is 2. The Hall–Kier alpha value is -2.66. The molecule has 0 N–H and O–H groups in total. The maximum absolute atomic E-state index is 13.0. The lowest BCUT2D eigenvalue weighted by atomic mass is 9.94. The topological polar surface area (TPSA) is 43.9 Å². The van der Waals surface area contributed by atoms with E-state index >= 15 is 0 Å². The first kappa shape index (κ1) is 20.3. The maximum Gasteiger partial charge on any atom is 0.227 e.